The lowest BCUT2D eigenvalue weighted by molar-refractivity contribution is -0.166. The minimum Gasteiger partial charge on any atom is -0.496 e. The minimum atomic E-state index is -0.484. The number of carbonyl (C=O) groups excluding carboxylic acids is 2. The Morgan fingerprint density at radius 2 is 1.77 bits per heavy atom. The topological polar surface area (TPSA) is 55.8 Å². The van der Waals surface area contributed by atoms with E-state index in [4.69, 9.17) is 21.1 Å². The molecule has 1 saturated heterocycles. The molecule has 0 aromatic heterocycles. The smallest absolute Gasteiger partial charge is 0.328 e. The number of nitrogens with zero attached hydrogens (tertiary/aromatic N) is 1. The van der Waals surface area contributed by atoms with Gasteiger partial charge in [0.1, 0.15) is 11.8 Å². The van der Waals surface area contributed by atoms with Crippen molar-refractivity contribution in [2.45, 2.75) is 69.9 Å². The van der Waals surface area contributed by atoms with Gasteiger partial charge in [0.2, 0.25) is 5.91 Å². The highest BCUT2D eigenvalue weighted by Gasteiger charge is 2.60. The number of halogens is 1. The van der Waals surface area contributed by atoms with Crippen molar-refractivity contribution in [3.8, 4) is 5.75 Å². The zero-order chi connectivity index (χ0) is 21.8. The number of likely N-dealkylation sites (tertiary alicyclic amines) is 1. The second-order valence-corrected chi connectivity index (χ2v) is 10.6. The monoisotopic (exact) mass is 445 g/mol. The lowest BCUT2D eigenvalue weighted by Crippen LogP contribution is -2.63. The van der Waals surface area contributed by atoms with Crippen LogP contribution >= 0.6 is 11.6 Å². The maximum Gasteiger partial charge on any atom is 0.328 e. The third kappa shape index (κ3) is 3.53. The van der Waals surface area contributed by atoms with Crippen LogP contribution in [0, 0.1) is 23.7 Å². The van der Waals surface area contributed by atoms with Crippen molar-refractivity contribution in [3.63, 3.8) is 0 Å². The predicted octanol–water partition coefficient (Wildman–Crippen LogP) is 4.64. The van der Waals surface area contributed by atoms with E-state index in [-0.39, 0.29) is 23.3 Å². The summed E-state index contributed by atoms with van der Waals surface area (Å²) in [5.74, 6) is 2.36. The van der Waals surface area contributed by atoms with E-state index >= 15 is 0 Å². The van der Waals surface area contributed by atoms with Gasteiger partial charge in [-0.2, -0.15) is 0 Å². The van der Waals surface area contributed by atoms with Crippen LogP contribution in [0.2, 0.25) is 5.02 Å². The molecule has 1 amide bonds. The lowest BCUT2D eigenvalue weighted by Gasteiger charge is -2.60. The molecule has 4 saturated carbocycles. The second kappa shape index (κ2) is 7.99. The fourth-order valence-electron chi connectivity index (χ4n) is 7.54. The Kier molecular flexibility index (Phi) is 5.44. The van der Waals surface area contributed by atoms with Crippen molar-refractivity contribution in [1.29, 1.82) is 0 Å². The van der Waals surface area contributed by atoms with Gasteiger partial charge in [-0.1, -0.05) is 17.7 Å². The first-order valence-electron chi connectivity index (χ1n) is 11.7. The number of amides is 1. The summed E-state index contributed by atoms with van der Waals surface area (Å²) in [6.07, 6.45) is 8.01. The molecule has 1 aromatic rings. The Hall–Kier alpha value is -1.75. The number of hydrogen-bond acceptors (Lipinski definition) is 4. The fourth-order valence-corrected chi connectivity index (χ4v) is 7.78. The fraction of sp³-hybridized carbons (Fsp3) is 0.680. The van der Waals surface area contributed by atoms with Crippen LogP contribution < -0.4 is 4.74 Å². The molecule has 5 aliphatic rings. The molecular weight excluding hydrogens is 414 g/mol. The molecule has 4 bridgehead atoms. The first-order chi connectivity index (χ1) is 14.9. The quantitative estimate of drug-likeness (QED) is 0.598. The normalized spacial score (nSPS) is 36.2. The number of methoxy groups -OCH3 is 1. The van der Waals surface area contributed by atoms with Gasteiger partial charge >= 0.3 is 5.97 Å². The molecular formula is C25H32ClNO4. The van der Waals surface area contributed by atoms with Crippen molar-refractivity contribution < 1.29 is 19.1 Å². The van der Waals surface area contributed by atoms with E-state index in [2.05, 4.69) is 0 Å². The van der Waals surface area contributed by atoms with Gasteiger partial charge in [0.15, 0.2) is 0 Å². The van der Waals surface area contributed by atoms with E-state index in [1.807, 2.05) is 30.0 Å². The summed E-state index contributed by atoms with van der Waals surface area (Å²) >= 11 is 6.48. The van der Waals surface area contributed by atoms with Gasteiger partial charge in [0, 0.05) is 22.0 Å². The van der Waals surface area contributed by atoms with Gasteiger partial charge < -0.3 is 14.4 Å². The number of hydrogen-bond donors (Lipinski definition) is 0. The van der Waals surface area contributed by atoms with E-state index < -0.39 is 6.04 Å². The van der Waals surface area contributed by atoms with Gasteiger partial charge in [0.05, 0.1) is 13.7 Å². The maximum atomic E-state index is 13.9. The van der Waals surface area contributed by atoms with Crippen LogP contribution in [0.5, 0.6) is 5.75 Å². The van der Waals surface area contributed by atoms with Crippen LogP contribution in [0.3, 0.4) is 0 Å². The zero-order valence-corrected chi connectivity index (χ0v) is 19.2. The van der Waals surface area contributed by atoms with Crippen molar-refractivity contribution in [2.24, 2.45) is 23.7 Å². The molecule has 31 heavy (non-hydrogen) atoms. The summed E-state index contributed by atoms with van der Waals surface area (Å²) in [6, 6.07) is 5.07. The summed E-state index contributed by atoms with van der Waals surface area (Å²) in [4.78, 5) is 28.9. The molecule has 0 radical (unpaired) electrons. The van der Waals surface area contributed by atoms with Crippen LogP contribution in [-0.2, 0) is 20.7 Å². The number of carbonyl (C=O) groups is 2. The zero-order valence-electron chi connectivity index (χ0n) is 18.4. The van der Waals surface area contributed by atoms with Gasteiger partial charge in [0.25, 0.3) is 0 Å². The Morgan fingerprint density at radius 3 is 2.35 bits per heavy atom. The molecule has 4 aliphatic carbocycles. The van der Waals surface area contributed by atoms with Crippen molar-refractivity contribution in [1.82, 2.24) is 4.90 Å². The molecule has 0 N–H and O–H groups in total. The Morgan fingerprint density at radius 1 is 1.13 bits per heavy atom. The summed E-state index contributed by atoms with van der Waals surface area (Å²) < 4.78 is 11.0. The molecule has 0 spiro atoms. The lowest BCUT2D eigenvalue weighted by atomic mass is 9.52. The highest BCUT2D eigenvalue weighted by molar-refractivity contribution is 6.31. The van der Waals surface area contributed by atoms with Crippen LogP contribution in [0.4, 0.5) is 0 Å². The molecule has 1 aromatic carbocycles. The van der Waals surface area contributed by atoms with Crippen molar-refractivity contribution in [3.05, 3.63) is 28.8 Å². The first kappa shape index (κ1) is 21.1. The van der Waals surface area contributed by atoms with E-state index in [0.717, 1.165) is 24.8 Å². The Labute approximate surface area is 189 Å². The molecule has 6 rings (SSSR count). The Balaban J connectivity index is 1.47. The molecule has 2 atom stereocenters. The van der Waals surface area contributed by atoms with Gasteiger partial charge in [-0.25, -0.2) is 4.79 Å². The second-order valence-electron chi connectivity index (χ2n) is 10.2. The largest absolute Gasteiger partial charge is 0.496 e. The number of benzene rings is 1. The standard InChI is InChI=1S/C25H32ClNO4/c1-3-31-24(29)21-11-18(10-19-20(26)5-4-6-22(19)30-2)23(28)27(21)25-12-15-7-16(13-25)9-17(8-15)14-25/h4-6,15-18,21H,3,7-14H2,1-2H3/t15?,16?,17?,18?,21-,25?/m0/s1. The maximum absolute atomic E-state index is 13.9. The summed E-state index contributed by atoms with van der Waals surface area (Å²) in [5.41, 5.74) is 0.683. The van der Waals surface area contributed by atoms with E-state index in [9.17, 15) is 9.59 Å². The minimum absolute atomic E-state index is 0.0991. The van der Waals surface area contributed by atoms with Crippen molar-refractivity contribution >= 4 is 23.5 Å². The molecule has 5 fully saturated rings. The predicted molar refractivity (Wildman–Crippen MR) is 118 cm³/mol. The van der Waals surface area contributed by atoms with E-state index in [0.29, 0.717) is 48.0 Å². The van der Waals surface area contributed by atoms with Crippen LogP contribution in [-0.4, -0.2) is 42.1 Å². The molecule has 1 unspecified atom stereocenters. The first-order valence-corrected chi connectivity index (χ1v) is 12.1. The van der Waals surface area contributed by atoms with Gasteiger partial charge in [-0.05, 0) is 88.2 Å². The van der Waals surface area contributed by atoms with E-state index in [1.54, 1.807) is 7.11 Å². The van der Waals surface area contributed by atoms with E-state index in [1.165, 1.54) is 19.3 Å². The van der Waals surface area contributed by atoms with Crippen LogP contribution in [0.25, 0.3) is 0 Å². The summed E-state index contributed by atoms with van der Waals surface area (Å²) in [5, 5.41) is 0.605. The average molecular weight is 446 g/mol. The molecule has 1 aliphatic heterocycles. The third-order valence-corrected chi connectivity index (χ3v) is 8.58. The number of rotatable bonds is 6. The highest BCUT2D eigenvalue weighted by atomic mass is 35.5. The molecule has 6 heteroatoms. The number of esters is 1. The molecule has 1 heterocycles. The third-order valence-electron chi connectivity index (χ3n) is 8.23. The Bertz CT molecular complexity index is 849. The van der Waals surface area contributed by atoms with Crippen LogP contribution in [0.15, 0.2) is 18.2 Å². The average Bonchev–Trinajstić information content (AvgIpc) is 3.06. The number of ether oxygens (including phenoxy) is 2. The molecule has 5 nitrogen and oxygen atoms in total. The van der Waals surface area contributed by atoms with Crippen LogP contribution in [0.1, 0.15) is 57.4 Å². The molecule has 168 valence electrons. The summed E-state index contributed by atoms with van der Waals surface area (Å²) in [6.45, 7) is 2.16. The highest BCUT2D eigenvalue weighted by Crippen LogP contribution is 2.59. The SMILES string of the molecule is CCOC(=O)[C@@H]1CC(Cc2c(Cl)cccc2OC)C(=O)N1C12CC3CC(CC(C3)C1)C2. The van der Waals surface area contributed by atoms with Gasteiger partial charge in [-0.3, -0.25) is 4.79 Å². The van der Waals surface area contributed by atoms with Crippen molar-refractivity contribution in [2.75, 3.05) is 13.7 Å². The summed E-state index contributed by atoms with van der Waals surface area (Å²) in [7, 11) is 1.62. The van der Waals surface area contributed by atoms with Gasteiger partial charge in [-0.15, -0.1) is 0 Å².